The molecule has 0 aliphatic carbocycles. The van der Waals surface area contributed by atoms with Crippen molar-refractivity contribution in [3.8, 4) is 0 Å². The van der Waals surface area contributed by atoms with Gasteiger partial charge in [0.05, 0.1) is 16.5 Å². The van der Waals surface area contributed by atoms with E-state index in [0.717, 1.165) is 0 Å². The number of anilines is 1. The van der Waals surface area contributed by atoms with Crippen LogP contribution in [0.1, 0.15) is 0 Å². The molecule has 0 saturated heterocycles. The normalized spacial score (nSPS) is 12.0. The number of carbonyl (C=O) groups is 1. The van der Waals surface area contributed by atoms with Gasteiger partial charge in [-0.1, -0.05) is 29.8 Å². The molecule has 0 radical (unpaired) electrons. The summed E-state index contributed by atoms with van der Waals surface area (Å²) in [6, 6.07) is 14.0. The number of hydrogen-bond acceptors (Lipinski definition) is 5. The van der Waals surface area contributed by atoms with Crippen LogP contribution in [0.4, 0.5) is 5.69 Å². The highest BCUT2D eigenvalue weighted by atomic mass is 35.5. The lowest BCUT2D eigenvalue weighted by Crippen LogP contribution is -2.27. The molecule has 120 valence electrons. The number of alkyl halides is 1. The molecule has 0 aromatic heterocycles. The standard InChI is InChI=1S/C15H12Cl2N2O3S/c16-10-14(20)15(19-18-12-8-6-11(17)7-9-12)23(21,22)13-4-2-1-3-5-13/h1-9,18H,10H2/b19-15+. The zero-order valence-electron chi connectivity index (χ0n) is 11.7. The van der Waals surface area contributed by atoms with Crippen LogP contribution in [0.2, 0.25) is 5.02 Å². The average molecular weight is 371 g/mol. The maximum Gasteiger partial charge on any atom is 0.229 e. The molecule has 5 nitrogen and oxygen atoms in total. The number of ketones is 1. The number of hydrazone groups is 1. The van der Waals surface area contributed by atoms with Crippen molar-refractivity contribution in [3.05, 3.63) is 59.6 Å². The topological polar surface area (TPSA) is 75.6 Å². The Balaban J connectivity index is 2.39. The second-order valence-corrected chi connectivity index (χ2v) is 6.98. The Morgan fingerprint density at radius 3 is 2.22 bits per heavy atom. The van der Waals surface area contributed by atoms with E-state index in [1.165, 1.54) is 12.1 Å². The van der Waals surface area contributed by atoms with Crippen molar-refractivity contribution >= 4 is 49.6 Å². The average Bonchev–Trinajstić information content (AvgIpc) is 2.57. The molecular weight excluding hydrogens is 359 g/mol. The highest BCUT2D eigenvalue weighted by Crippen LogP contribution is 2.16. The summed E-state index contributed by atoms with van der Waals surface area (Å²) in [6.45, 7) is 0. The Bertz CT molecular complexity index is 820. The van der Waals surface area contributed by atoms with E-state index in [4.69, 9.17) is 23.2 Å². The number of halogens is 2. The minimum atomic E-state index is -4.06. The number of benzene rings is 2. The predicted molar refractivity (Wildman–Crippen MR) is 91.9 cm³/mol. The van der Waals surface area contributed by atoms with Gasteiger partial charge in [-0.3, -0.25) is 10.2 Å². The van der Waals surface area contributed by atoms with E-state index in [1.54, 1.807) is 42.5 Å². The van der Waals surface area contributed by atoms with Gasteiger partial charge >= 0.3 is 0 Å². The van der Waals surface area contributed by atoms with Crippen LogP contribution in [0.3, 0.4) is 0 Å². The summed E-state index contributed by atoms with van der Waals surface area (Å²) in [6.07, 6.45) is 0. The molecule has 0 spiro atoms. The lowest BCUT2D eigenvalue weighted by molar-refractivity contribution is -0.110. The molecule has 2 rings (SSSR count). The largest absolute Gasteiger partial charge is 0.290 e. The Kier molecular flexibility index (Phi) is 5.76. The first-order valence-electron chi connectivity index (χ1n) is 6.43. The first-order chi connectivity index (χ1) is 10.9. The maximum atomic E-state index is 12.5. The van der Waals surface area contributed by atoms with Gasteiger partial charge in [0.2, 0.25) is 20.7 Å². The summed E-state index contributed by atoms with van der Waals surface area (Å²) in [5, 5.41) is 3.62. The van der Waals surface area contributed by atoms with Gasteiger partial charge in [0.25, 0.3) is 0 Å². The van der Waals surface area contributed by atoms with E-state index in [9.17, 15) is 13.2 Å². The molecule has 0 bridgehead atoms. The minimum absolute atomic E-state index is 0.0323. The number of rotatable bonds is 5. The lowest BCUT2D eigenvalue weighted by Gasteiger charge is -2.07. The summed E-state index contributed by atoms with van der Waals surface area (Å²) < 4.78 is 25.1. The first kappa shape index (κ1) is 17.5. The third-order valence-corrected chi connectivity index (χ3v) is 5.01. The van der Waals surface area contributed by atoms with Crippen LogP contribution in [0.25, 0.3) is 0 Å². The van der Waals surface area contributed by atoms with E-state index in [-0.39, 0.29) is 4.90 Å². The van der Waals surface area contributed by atoms with Crippen molar-refractivity contribution in [1.29, 1.82) is 0 Å². The van der Waals surface area contributed by atoms with Crippen LogP contribution < -0.4 is 5.43 Å². The van der Waals surface area contributed by atoms with Crippen molar-refractivity contribution in [2.75, 3.05) is 11.3 Å². The van der Waals surface area contributed by atoms with Crippen molar-refractivity contribution in [2.45, 2.75) is 4.90 Å². The van der Waals surface area contributed by atoms with Crippen molar-refractivity contribution in [2.24, 2.45) is 5.10 Å². The molecule has 0 amide bonds. The minimum Gasteiger partial charge on any atom is -0.290 e. The Labute approximate surface area is 143 Å². The molecule has 0 fully saturated rings. The van der Waals surface area contributed by atoms with Crippen LogP contribution in [-0.2, 0) is 14.6 Å². The van der Waals surface area contributed by atoms with Crippen LogP contribution >= 0.6 is 23.2 Å². The Hall–Kier alpha value is -1.89. The Morgan fingerprint density at radius 2 is 1.65 bits per heavy atom. The van der Waals surface area contributed by atoms with Gasteiger partial charge in [-0.25, -0.2) is 8.42 Å². The lowest BCUT2D eigenvalue weighted by atomic mass is 10.3. The molecule has 1 N–H and O–H groups in total. The van der Waals surface area contributed by atoms with E-state index < -0.39 is 26.5 Å². The summed E-state index contributed by atoms with van der Waals surface area (Å²) in [7, 11) is -4.06. The zero-order chi connectivity index (χ0) is 16.9. The van der Waals surface area contributed by atoms with Crippen molar-refractivity contribution < 1.29 is 13.2 Å². The summed E-state index contributed by atoms with van der Waals surface area (Å²) in [4.78, 5) is 11.9. The molecule has 2 aromatic carbocycles. The molecule has 0 unspecified atom stereocenters. The van der Waals surface area contributed by atoms with Crippen LogP contribution in [0.15, 0.2) is 64.6 Å². The van der Waals surface area contributed by atoms with Gasteiger partial charge in [-0.15, -0.1) is 11.6 Å². The SMILES string of the molecule is O=C(CCl)/C(=N\Nc1ccc(Cl)cc1)S(=O)(=O)c1ccccc1. The first-order valence-corrected chi connectivity index (χ1v) is 8.83. The Morgan fingerprint density at radius 1 is 1.04 bits per heavy atom. The summed E-state index contributed by atoms with van der Waals surface area (Å²) in [5.41, 5.74) is 3.02. The summed E-state index contributed by atoms with van der Waals surface area (Å²) >= 11 is 11.3. The predicted octanol–water partition coefficient (Wildman–Crippen LogP) is 3.35. The monoisotopic (exact) mass is 370 g/mol. The van der Waals surface area contributed by atoms with E-state index in [2.05, 4.69) is 10.5 Å². The third kappa shape index (κ3) is 4.31. The van der Waals surface area contributed by atoms with Gasteiger partial charge in [0.15, 0.2) is 0 Å². The third-order valence-electron chi connectivity index (χ3n) is 2.80. The fourth-order valence-corrected chi connectivity index (χ4v) is 3.29. The quantitative estimate of drug-likeness (QED) is 0.379. The number of hydrogen-bond donors (Lipinski definition) is 1. The van der Waals surface area contributed by atoms with E-state index in [0.29, 0.717) is 10.7 Å². The summed E-state index contributed by atoms with van der Waals surface area (Å²) in [5.74, 6) is -1.29. The number of nitrogens with one attached hydrogen (secondary N) is 1. The van der Waals surface area contributed by atoms with Gasteiger partial charge in [-0.2, -0.15) is 5.10 Å². The van der Waals surface area contributed by atoms with E-state index in [1.807, 2.05) is 0 Å². The number of sulfone groups is 1. The van der Waals surface area contributed by atoms with Gasteiger partial charge in [0, 0.05) is 5.02 Å². The smallest absolute Gasteiger partial charge is 0.229 e. The second kappa shape index (κ2) is 7.59. The van der Waals surface area contributed by atoms with Crippen LogP contribution in [-0.4, -0.2) is 25.1 Å². The number of nitrogens with zero attached hydrogens (tertiary/aromatic N) is 1. The van der Waals surface area contributed by atoms with E-state index >= 15 is 0 Å². The van der Waals surface area contributed by atoms with Crippen molar-refractivity contribution in [3.63, 3.8) is 0 Å². The molecule has 8 heteroatoms. The molecular formula is C15H12Cl2N2O3S. The molecule has 0 saturated carbocycles. The van der Waals surface area contributed by atoms with Gasteiger partial charge in [0.1, 0.15) is 0 Å². The number of Topliss-reactive ketones (excluding diaryl/α,β-unsaturated/α-hetero) is 1. The second-order valence-electron chi connectivity index (χ2n) is 4.41. The van der Waals surface area contributed by atoms with Gasteiger partial charge in [-0.05, 0) is 36.4 Å². The zero-order valence-corrected chi connectivity index (χ0v) is 14.1. The fourth-order valence-electron chi connectivity index (χ4n) is 1.68. The maximum absolute atomic E-state index is 12.5. The fraction of sp³-hybridized carbons (Fsp3) is 0.0667. The molecule has 0 atom stereocenters. The molecule has 0 aliphatic heterocycles. The number of carbonyl (C=O) groups excluding carboxylic acids is 1. The van der Waals surface area contributed by atoms with Crippen molar-refractivity contribution in [1.82, 2.24) is 0 Å². The molecule has 0 aliphatic rings. The molecule has 0 heterocycles. The molecule has 2 aromatic rings. The highest BCUT2D eigenvalue weighted by molar-refractivity contribution is 8.08. The van der Waals surface area contributed by atoms with Gasteiger partial charge < -0.3 is 0 Å². The van der Waals surface area contributed by atoms with Crippen LogP contribution in [0.5, 0.6) is 0 Å². The van der Waals surface area contributed by atoms with Crippen LogP contribution in [0, 0.1) is 0 Å². The highest BCUT2D eigenvalue weighted by Gasteiger charge is 2.28. The molecule has 23 heavy (non-hydrogen) atoms.